The average molecular weight is 478 g/mol. The molecule has 10 heteroatoms. The van der Waals surface area contributed by atoms with Gasteiger partial charge in [0.25, 0.3) is 0 Å². The Kier molecular flexibility index (Phi) is 5.91. The number of nitrogens with two attached hydrogens (primary N) is 1. The van der Waals surface area contributed by atoms with E-state index in [0.29, 0.717) is 13.0 Å². The number of sulfone groups is 1. The summed E-state index contributed by atoms with van der Waals surface area (Å²) in [4.78, 5) is 16.8. The van der Waals surface area contributed by atoms with Gasteiger partial charge in [0.1, 0.15) is 0 Å². The summed E-state index contributed by atoms with van der Waals surface area (Å²) in [6, 6.07) is 11.5. The lowest BCUT2D eigenvalue weighted by atomic mass is 10.0. The Morgan fingerprint density at radius 1 is 1.00 bits per heavy atom. The molecule has 1 amide bonds. The van der Waals surface area contributed by atoms with Gasteiger partial charge in [-0.25, -0.2) is 22.0 Å². The Bertz CT molecular complexity index is 1240. The van der Waals surface area contributed by atoms with Gasteiger partial charge in [-0.1, -0.05) is 18.2 Å². The first-order chi connectivity index (χ1) is 14.9. The van der Waals surface area contributed by atoms with Crippen LogP contribution in [0.3, 0.4) is 0 Å². The highest BCUT2D eigenvalue weighted by Gasteiger charge is 2.49. The van der Waals surface area contributed by atoms with Crippen molar-refractivity contribution < 1.29 is 21.6 Å². The van der Waals surface area contributed by atoms with Crippen molar-refractivity contribution in [1.29, 1.82) is 0 Å². The van der Waals surface area contributed by atoms with E-state index in [0.717, 1.165) is 22.4 Å². The van der Waals surface area contributed by atoms with E-state index in [1.165, 1.54) is 12.1 Å². The number of primary sulfonamides is 1. The summed E-state index contributed by atoms with van der Waals surface area (Å²) < 4.78 is 47.9. The molecular formula is C22H27N3O5S2. The number of carbonyl (C=O) groups excluding carboxylic acids is 1. The number of aryl methyl sites for hydroxylation is 2. The maximum absolute atomic E-state index is 13.2. The van der Waals surface area contributed by atoms with Crippen molar-refractivity contribution in [1.82, 2.24) is 4.90 Å². The summed E-state index contributed by atoms with van der Waals surface area (Å²) in [7, 11) is -7.02. The Labute approximate surface area is 189 Å². The zero-order valence-corrected chi connectivity index (χ0v) is 19.7. The first kappa shape index (κ1) is 22.9. The van der Waals surface area contributed by atoms with E-state index in [1.54, 1.807) is 17.0 Å². The molecule has 2 fully saturated rings. The molecule has 8 nitrogen and oxygen atoms in total. The average Bonchev–Trinajstić information content (AvgIpc) is 2.99. The van der Waals surface area contributed by atoms with E-state index < -0.39 is 25.9 Å². The summed E-state index contributed by atoms with van der Waals surface area (Å²) >= 11 is 0. The molecule has 2 heterocycles. The highest BCUT2D eigenvalue weighted by atomic mass is 32.2. The van der Waals surface area contributed by atoms with Crippen LogP contribution in [0.2, 0.25) is 0 Å². The number of carbonyl (C=O) groups is 1. The van der Waals surface area contributed by atoms with Gasteiger partial charge in [0.05, 0.1) is 29.0 Å². The van der Waals surface area contributed by atoms with Gasteiger partial charge in [-0.3, -0.25) is 9.69 Å². The van der Waals surface area contributed by atoms with E-state index >= 15 is 0 Å². The quantitative estimate of drug-likeness (QED) is 0.687. The highest BCUT2D eigenvalue weighted by Crippen LogP contribution is 2.32. The van der Waals surface area contributed by atoms with Crippen molar-refractivity contribution in [2.45, 2.75) is 37.2 Å². The van der Waals surface area contributed by atoms with Crippen LogP contribution in [-0.4, -0.2) is 64.3 Å². The third-order valence-electron chi connectivity index (χ3n) is 6.13. The van der Waals surface area contributed by atoms with E-state index in [4.69, 9.17) is 5.14 Å². The second kappa shape index (κ2) is 8.26. The number of sulfonamides is 1. The van der Waals surface area contributed by atoms with Crippen LogP contribution in [-0.2, 0) is 31.1 Å². The minimum atomic E-state index is -3.75. The largest absolute Gasteiger partial charge is 0.306 e. The number of hydrogen-bond acceptors (Lipinski definition) is 6. The van der Waals surface area contributed by atoms with Crippen LogP contribution >= 0.6 is 0 Å². The zero-order valence-electron chi connectivity index (χ0n) is 18.1. The molecular weight excluding hydrogens is 450 g/mol. The maximum atomic E-state index is 13.2. The fourth-order valence-electron chi connectivity index (χ4n) is 4.75. The van der Waals surface area contributed by atoms with Crippen LogP contribution in [0.1, 0.15) is 16.7 Å². The van der Waals surface area contributed by atoms with Gasteiger partial charge >= 0.3 is 0 Å². The number of piperazine rings is 1. The van der Waals surface area contributed by atoms with E-state index in [1.807, 2.05) is 36.9 Å². The van der Waals surface area contributed by atoms with Crippen LogP contribution < -0.4 is 10.0 Å². The van der Waals surface area contributed by atoms with Crippen molar-refractivity contribution in [2.24, 2.45) is 5.14 Å². The molecule has 0 saturated carbocycles. The third kappa shape index (κ3) is 4.73. The summed E-state index contributed by atoms with van der Waals surface area (Å²) in [5, 5.41) is 5.14. The molecule has 0 aliphatic carbocycles. The summed E-state index contributed by atoms with van der Waals surface area (Å²) in [6.45, 7) is 4.55. The minimum Gasteiger partial charge on any atom is -0.306 e. The molecule has 0 bridgehead atoms. The van der Waals surface area contributed by atoms with Gasteiger partial charge in [-0.2, -0.15) is 0 Å². The summed E-state index contributed by atoms with van der Waals surface area (Å²) in [6.07, 6.45) is 0.561. The molecule has 2 N–H and O–H groups in total. The van der Waals surface area contributed by atoms with Gasteiger partial charge in [0.2, 0.25) is 15.9 Å². The first-order valence-electron chi connectivity index (χ1n) is 10.4. The lowest BCUT2D eigenvalue weighted by molar-refractivity contribution is -0.123. The van der Waals surface area contributed by atoms with Gasteiger partial charge in [0, 0.05) is 18.3 Å². The molecule has 4 rings (SSSR count). The predicted molar refractivity (Wildman–Crippen MR) is 123 cm³/mol. The fraction of sp³-hybridized carbons (Fsp3) is 0.409. The SMILES string of the molecule is Cc1cc(C)cc(N2C(=O)CN(CCc3ccc(S(N)(=O)=O)cc3)C3CS(=O)(=O)CC32)c1. The smallest absolute Gasteiger partial charge is 0.241 e. The van der Waals surface area contributed by atoms with E-state index in [9.17, 15) is 21.6 Å². The summed E-state index contributed by atoms with van der Waals surface area (Å²) in [5.41, 5.74) is 3.68. The molecule has 2 unspecified atom stereocenters. The standard InChI is InChI=1S/C22H27N3O5S2/c1-15-9-16(2)11-18(10-15)25-21-14-31(27,28)13-20(21)24(12-22(25)26)8-7-17-3-5-19(6-4-17)32(23,29)30/h3-6,9-11,20-21H,7-8,12-14H2,1-2H3,(H2,23,29,30). The van der Waals surface area contributed by atoms with Crippen LogP contribution in [0.5, 0.6) is 0 Å². The Morgan fingerprint density at radius 3 is 2.19 bits per heavy atom. The first-order valence-corrected chi connectivity index (χ1v) is 13.8. The van der Waals surface area contributed by atoms with E-state index in [2.05, 4.69) is 0 Å². The van der Waals surface area contributed by atoms with Crippen molar-refractivity contribution in [3.05, 3.63) is 59.2 Å². The summed E-state index contributed by atoms with van der Waals surface area (Å²) in [5.74, 6) is -0.134. The van der Waals surface area contributed by atoms with Crippen molar-refractivity contribution in [3.63, 3.8) is 0 Å². The molecule has 2 atom stereocenters. The van der Waals surface area contributed by atoms with Crippen molar-refractivity contribution in [3.8, 4) is 0 Å². The lowest BCUT2D eigenvalue weighted by Crippen LogP contribution is -2.62. The third-order valence-corrected chi connectivity index (χ3v) is 8.75. The monoisotopic (exact) mass is 477 g/mol. The Hall–Kier alpha value is -2.27. The molecule has 2 aromatic carbocycles. The van der Waals surface area contributed by atoms with Gasteiger partial charge in [-0.05, 0) is 61.2 Å². The molecule has 2 saturated heterocycles. The van der Waals surface area contributed by atoms with Crippen LogP contribution in [0.15, 0.2) is 47.4 Å². The second-order valence-electron chi connectivity index (χ2n) is 8.73. The van der Waals surface area contributed by atoms with Crippen LogP contribution in [0, 0.1) is 13.8 Å². The number of amides is 1. The zero-order chi connectivity index (χ0) is 23.3. The molecule has 32 heavy (non-hydrogen) atoms. The van der Waals surface area contributed by atoms with Gasteiger partial charge in [-0.15, -0.1) is 0 Å². The molecule has 2 aliphatic heterocycles. The van der Waals surface area contributed by atoms with Crippen LogP contribution in [0.25, 0.3) is 0 Å². The van der Waals surface area contributed by atoms with Crippen LogP contribution in [0.4, 0.5) is 5.69 Å². The predicted octanol–water partition coefficient (Wildman–Crippen LogP) is 1.01. The fourth-order valence-corrected chi connectivity index (χ4v) is 7.24. The van der Waals surface area contributed by atoms with Crippen molar-refractivity contribution in [2.75, 3.05) is 29.5 Å². The minimum absolute atomic E-state index is 0.0244. The number of benzene rings is 2. The molecule has 0 aromatic heterocycles. The topological polar surface area (TPSA) is 118 Å². The molecule has 0 spiro atoms. The molecule has 0 radical (unpaired) electrons. The van der Waals surface area contributed by atoms with Gasteiger partial charge < -0.3 is 4.90 Å². The normalized spacial score (nSPS) is 23.3. The van der Waals surface area contributed by atoms with E-state index in [-0.39, 0.29) is 34.9 Å². The van der Waals surface area contributed by atoms with Crippen molar-refractivity contribution >= 4 is 31.5 Å². The molecule has 2 aromatic rings. The maximum Gasteiger partial charge on any atom is 0.241 e. The molecule has 2 aliphatic rings. The number of anilines is 1. The second-order valence-corrected chi connectivity index (χ2v) is 12.4. The number of rotatable bonds is 5. The number of nitrogens with zero attached hydrogens (tertiary/aromatic N) is 2. The number of hydrogen-bond donors (Lipinski definition) is 1. The molecule has 172 valence electrons. The Morgan fingerprint density at radius 2 is 1.59 bits per heavy atom. The lowest BCUT2D eigenvalue weighted by Gasteiger charge is -2.43. The Balaban J connectivity index is 1.56. The number of fused-ring (bicyclic) bond motifs is 1. The highest BCUT2D eigenvalue weighted by molar-refractivity contribution is 7.91. The van der Waals surface area contributed by atoms with Gasteiger partial charge in [0.15, 0.2) is 9.84 Å².